The van der Waals surface area contributed by atoms with Crippen molar-refractivity contribution in [3.8, 4) is 17.1 Å². The summed E-state index contributed by atoms with van der Waals surface area (Å²) in [5.41, 5.74) is -0.406. The molecule has 1 heterocycles. The Hall–Kier alpha value is -3.03. The molecule has 0 bridgehead atoms. The normalized spacial score (nSPS) is 11.1. The standard InChI is InChI=1S/C15H16N2O6/c1-15(2,3)22-14(21)16-10-5-4-8(18)6-9(10)12-7-11(13(19)20)17-23-12/h4-7,18H,1-3H3,(H,16,21)(H,19,20). The Labute approximate surface area is 131 Å². The maximum atomic E-state index is 11.9. The number of rotatable bonds is 3. The minimum Gasteiger partial charge on any atom is -0.508 e. The van der Waals surface area contributed by atoms with Crippen molar-refractivity contribution in [3.05, 3.63) is 30.0 Å². The number of amides is 1. The third-order valence-electron chi connectivity index (χ3n) is 2.63. The van der Waals surface area contributed by atoms with Crippen molar-refractivity contribution >= 4 is 17.7 Å². The number of benzene rings is 1. The van der Waals surface area contributed by atoms with Gasteiger partial charge in [-0.25, -0.2) is 9.59 Å². The molecule has 1 aromatic carbocycles. The lowest BCUT2D eigenvalue weighted by Gasteiger charge is -2.20. The van der Waals surface area contributed by atoms with E-state index in [1.807, 2.05) is 0 Å². The molecule has 23 heavy (non-hydrogen) atoms. The van der Waals surface area contributed by atoms with Gasteiger partial charge in [0.05, 0.1) is 5.69 Å². The van der Waals surface area contributed by atoms with Crippen LogP contribution in [0.3, 0.4) is 0 Å². The number of carbonyl (C=O) groups is 2. The van der Waals surface area contributed by atoms with Gasteiger partial charge in [-0.05, 0) is 39.0 Å². The number of nitrogens with one attached hydrogen (secondary N) is 1. The lowest BCUT2D eigenvalue weighted by atomic mass is 10.1. The Morgan fingerprint density at radius 1 is 1.26 bits per heavy atom. The average molecular weight is 320 g/mol. The number of hydrogen-bond donors (Lipinski definition) is 3. The van der Waals surface area contributed by atoms with Crippen LogP contribution >= 0.6 is 0 Å². The first-order chi connectivity index (χ1) is 10.7. The number of phenols is 1. The first kappa shape index (κ1) is 16.3. The number of nitrogens with zero attached hydrogens (tertiary/aromatic N) is 1. The van der Waals surface area contributed by atoms with Crippen molar-refractivity contribution in [1.82, 2.24) is 5.16 Å². The molecule has 1 aromatic heterocycles. The van der Waals surface area contributed by atoms with Crippen LogP contribution in [0.2, 0.25) is 0 Å². The monoisotopic (exact) mass is 320 g/mol. The molecule has 0 aliphatic carbocycles. The van der Waals surface area contributed by atoms with Crippen LogP contribution in [0.15, 0.2) is 28.8 Å². The summed E-state index contributed by atoms with van der Waals surface area (Å²) in [7, 11) is 0. The third kappa shape index (κ3) is 4.22. The van der Waals surface area contributed by atoms with E-state index in [2.05, 4.69) is 10.5 Å². The number of phenolic OH excluding ortho intramolecular Hbond substituents is 1. The number of anilines is 1. The summed E-state index contributed by atoms with van der Waals surface area (Å²) in [4.78, 5) is 22.7. The lowest BCUT2D eigenvalue weighted by Crippen LogP contribution is -2.27. The predicted molar refractivity (Wildman–Crippen MR) is 80.4 cm³/mol. The Morgan fingerprint density at radius 2 is 1.96 bits per heavy atom. The summed E-state index contributed by atoms with van der Waals surface area (Å²) < 4.78 is 10.1. The van der Waals surface area contributed by atoms with Crippen molar-refractivity contribution in [2.45, 2.75) is 26.4 Å². The summed E-state index contributed by atoms with van der Waals surface area (Å²) >= 11 is 0. The molecule has 0 aliphatic heterocycles. The molecule has 8 heteroatoms. The highest BCUT2D eigenvalue weighted by Crippen LogP contribution is 2.32. The molecule has 122 valence electrons. The lowest BCUT2D eigenvalue weighted by molar-refractivity contribution is 0.0633. The van der Waals surface area contributed by atoms with E-state index in [0.717, 1.165) is 0 Å². The maximum absolute atomic E-state index is 11.9. The second-order valence-corrected chi connectivity index (χ2v) is 5.74. The minimum atomic E-state index is -1.25. The summed E-state index contributed by atoms with van der Waals surface area (Å²) in [6.45, 7) is 5.17. The van der Waals surface area contributed by atoms with Crippen molar-refractivity contribution < 1.29 is 29.1 Å². The van der Waals surface area contributed by atoms with Crippen LogP contribution in [0, 0.1) is 0 Å². The molecule has 0 radical (unpaired) electrons. The minimum absolute atomic E-state index is 0.0805. The molecule has 0 spiro atoms. The molecule has 2 aromatic rings. The highest BCUT2D eigenvalue weighted by atomic mass is 16.6. The van der Waals surface area contributed by atoms with Crippen molar-refractivity contribution in [2.75, 3.05) is 5.32 Å². The number of ether oxygens (including phenoxy) is 1. The van der Waals surface area contributed by atoms with Crippen LogP contribution < -0.4 is 5.32 Å². The Morgan fingerprint density at radius 3 is 2.52 bits per heavy atom. The third-order valence-corrected chi connectivity index (χ3v) is 2.63. The van der Waals surface area contributed by atoms with E-state index in [-0.39, 0.29) is 28.5 Å². The van der Waals surface area contributed by atoms with Crippen LogP contribution in [-0.2, 0) is 4.74 Å². The van der Waals surface area contributed by atoms with Gasteiger partial charge >= 0.3 is 12.1 Å². The summed E-state index contributed by atoms with van der Waals surface area (Å²) in [5.74, 6) is -1.24. The molecular formula is C15H16N2O6. The summed E-state index contributed by atoms with van der Waals surface area (Å²) in [5, 5.41) is 24.4. The second kappa shape index (κ2) is 5.99. The molecule has 0 saturated heterocycles. The quantitative estimate of drug-likeness (QED) is 0.743. The molecule has 0 unspecified atom stereocenters. The number of carboxylic acid groups (broad SMARTS) is 1. The highest BCUT2D eigenvalue weighted by molar-refractivity contribution is 5.92. The van der Waals surface area contributed by atoms with Gasteiger partial charge in [0.15, 0.2) is 11.5 Å². The molecule has 0 saturated carbocycles. The Kier molecular flexibility index (Phi) is 4.26. The first-order valence-electron chi connectivity index (χ1n) is 6.69. The number of hydrogen-bond acceptors (Lipinski definition) is 6. The van der Waals surface area contributed by atoms with Gasteiger partial charge in [-0.15, -0.1) is 0 Å². The fourth-order valence-electron chi connectivity index (χ4n) is 1.76. The van der Waals surface area contributed by atoms with Gasteiger partial charge in [-0.3, -0.25) is 5.32 Å². The fourth-order valence-corrected chi connectivity index (χ4v) is 1.76. The zero-order valence-corrected chi connectivity index (χ0v) is 12.8. The molecule has 0 aliphatic rings. The number of carbonyl (C=O) groups excluding carboxylic acids is 1. The van der Waals surface area contributed by atoms with Gasteiger partial charge < -0.3 is 19.5 Å². The summed E-state index contributed by atoms with van der Waals surface area (Å²) in [6, 6.07) is 5.32. The number of aromatic hydroxyl groups is 1. The van der Waals surface area contributed by atoms with Gasteiger partial charge in [0, 0.05) is 11.6 Å². The van der Waals surface area contributed by atoms with Crippen LogP contribution in [0.25, 0.3) is 11.3 Å². The highest BCUT2D eigenvalue weighted by Gasteiger charge is 2.20. The molecule has 1 amide bonds. The second-order valence-electron chi connectivity index (χ2n) is 5.74. The van der Waals surface area contributed by atoms with Crippen LogP contribution in [0.5, 0.6) is 5.75 Å². The van der Waals surface area contributed by atoms with Crippen molar-refractivity contribution in [1.29, 1.82) is 0 Å². The number of aromatic nitrogens is 1. The topological polar surface area (TPSA) is 122 Å². The molecule has 8 nitrogen and oxygen atoms in total. The largest absolute Gasteiger partial charge is 0.508 e. The van der Waals surface area contributed by atoms with Gasteiger partial charge in [0.1, 0.15) is 11.4 Å². The van der Waals surface area contributed by atoms with E-state index in [1.165, 1.54) is 24.3 Å². The zero-order chi connectivity index (χ0) is 17.2. The summed E-state index contributed by atoms with van der Waals surface area (Å²) in [6.07, 6.45) is -0.692. The first-order valence-corrected chi connectivity index (χ1v) is 6.69. The number of carboxylic acids is 1. The number of aromatic carboxylic acids is 1. The van der Waals surface area contributed by atoms with E-state index >= 15 is 0 Å². The van der Waals surface area contributed by atoms with Crippen LogP contribution in [0.4, 0.5) is 10.5 Å². The smallest absolute Gasteiger partial charge is 0.412 e. The molecule has 2 rings (SSSR count). The van der Waals surface area contributed by atoms with E-state index < -0.39 is 17.7 Å². The predicted octanol–water partition coefficient (Wildman–Crippen LogP) is 3.09. The molecule has 0 fully saturated rings. The van der Waals surface area contributed by atoms with Crippen LogP contribution in [0.1, 0.15) is 31.3 Å². The zero-order valence-electron chi connectivity index (χ0n) is 12.8. The Balaban J connectivity index is 2.33. The van der Waals surface area contributed by atoms with Crippen LogP contribution in [-0.4, -0.2) is 33.0 Å². The van der Waals surface area contributed by atoms with Gasteiger partial charge in [-0.2, -0.15) is 0 Å². The van der Waals surface area contributed by atoms with E-state index in [1.54, 1.807) is 20.8 Å². The average Bonchev–Trinajstić information content (AvgIpc) is 2.88. The fraction of sp³-hybridized carbons (Fsp3) is 0.267. The van der Waals surface area contributed by atoms with Gasteiger partial charge in [-0.1, -0.05) is 5.16 Å². The maximum Gasteiger partial charge on any atom is 0.412 e. The van der Waals surface area contributed by atoms with E-state index in [9.17, 15) is 14.7 Å². The van der Waals surface area contributed by atoms with Gasteiger partial charge in [0.25, 0.3) is 0 Å². The molecule has 3 N–H and O–H groups in total. The Bertz CT molecular complexity index is 745. The van der Waals surface area contributed by atoms with E-state index in [0.29, 0.717) is 0 Å². The molecule has 0 atom stereocenters. The van der Waals surface area contributed by atoms with Gasteiger partial charge in [0.2, 0.25) is 0 Å². The van der Waals surface area contributed by atoms with Crippen molar-refractivity contribution in [3.63, 3.8) is 0 Å². The van der Waals surface area contributed by atoms with E-state index in [4.69, 9.17) is 14.4 Å². The molecular weight excluding hydrogens is 304 g/mol. The SMILES string of the molecule is CC(C)(C)OC(=O)Nc1ccc(O)cc1-c1cc(C(=O)O)no1. The van der Waals surface area contributed by atoms with Crippen molar-refractivity contribution in [2.24, 2.45) is 0 Å².